The van der Waals surface area contributed by atoms with Crippen molar-refractivity contribution in [1.82, 2.24) is 24.9 Å². The summed E-state index contributed by atoms with van der Waals surface area (Å²) in [4.78, 5) is 27.0. The Hall–Kier alpha value is -2.84. The van der Waals surface area contributed by atoms with Gasteiger partial charge in [0, 0.05) is 56.7 Å². The van der Waals surface area contributed by atoms with Crippen LogP contribution in [0.2, 0.25) is 0 Å². The van der Waals surface area contributed by atoms with E-state index < -0.39 is 0 Å². The van der Waals surface area contributed by atoms with Crippen molar-refractivity contribution in [2.45, 2.75) is 38.6 Å². The molecule has 0 radical (unpaired) electrons. The van der Waals surface area contributed by atoms with Gasteiger partial charge >= 0.3 is 0 Å². The van der Waals surface area contributed by atoms with Crippen molar-refractivity contribution in [1.29, 1.82) is 0 Å². The molecule has 0 unspecified atom stereocenters. The molecule has 5 rings (SSSR count). The summed E-state index contributed by atoms with van der Waals surface area (Å²) in [5.41, 5.74) is 3.82. The molecule has 8 heteroatoms. The second kappa shape index (κ2) is 9.34. The van der Waals surface area contributed by atoms with Crippen LogP contribution in [0.15, 0.2) is 35.1 Å². The lowest BCUT2D eigenvalue weighted by atomic mass is 10.1. The fourth-order valence-corrected chi connectivity index (χ4v) is 4.31. The zero-order valence-corrected chi connectivity index (χ0v) is 18.5. The third kappa shape index (κ3) is 4.66. The van der Waals surface area contributed by atoms with Crippen LogP contribution in [0.3, 0.4) is 0 Å². The Morgan fingerprint density at radius 3 is 2.75 bits per heavy atom. The Bertz CT molecular complexity index is 1070. The lowest BCUT2D eigenvalue weighted by Crippen LogP contribution is -2.39. The van der Waals surface area contributed by atoms with Gasteiger partial charge in [0.15, 0.2) is 0 Å². The molecule has 1 amide bonds. The molecule has 3 aromatic rings. The Morgan fingerprint density at radius 1 is 1.22 bits per heavy atom. The van der Waals surface area contributed by atoms with Crippen molar-refractivity contribution in [3.05, 3.63) is 53.1 Å². The van der Waals surface area contributed by atoms with Gasteiger partial charge in [0.2, 0.25) is 0 Å². The molecule has 1 aliphatic carbocycles. The highest BCUT2D eigenvalue weighted by Crippen LogP contribution is 2.40. The van der Waals surface area contributed by atoms with E-state index in [4.69, 9.17) is 9.26 Å². The summed E-state index contributed by atoms with van der Waals surface area (Å²) < 4.78 is 10.9. The topological polar surface area (TPSA) is 84.6 Å². The second-order valence-corrected chi connectivity index (χ2v) is 8.71. The fraction of sp³-hybridized carbons (Fsp3) is 0.500. The SMILES string of the molecule is Cc1noc2nc(C3CC3)cc(C(=O)N(CCCN3CCOCC3)Cc3ccncc3)c12. The van der Waals surface area contributed by atoms with Gasteiger partial charge in [-0.3, -0.25) is 14.7 Å². The minimum Gasteiger partial charge on any atom is -0.379 e. The van der Waals surface area contributed by atoms with Crippen molar-refractivity contribution < 1.29 is 14.1 Å². The molecule has 0 atom stereocenters. The number of aryl methyl sites for hydroxylation is 1. The van der Waals surface area contributed by atoms with Gasteiger partial charge in [-0.2, -0.15) is 0 Å². The number of morpholine rings is 1. The van der Waals surface area contributed by atoms with E-state index in [9.17, 15) is 4.79 Å². The standard InChI is InChI=1S/C24H29N5O3/c1-17-22-20(15-21(19-3-4-19)26-23(22)32-27-17)24(30)29(16-18-5-7-25-8-6-18)10-2-9-28-11-13-31-14-12-28/h5-8,15,19H,2-4,9-14,16H2,1H3. The Balaban J connectivity index is 1.41. The number of nitrogens with zero attached hydrogens (tertiary/aromatic N) is 5. The van der Waals surface area contributed by atoms with Gasteiger partial charge in [-0.25, -0.2) is 4.98 Å². The number of rotatable bonds is 8. The molecule has 1 saturated heterocycles. The van der Waals surface area contributed by atoms with Gasteiger partial charge in [-0.1, -0.05) is 5.16 Å². The summed E-state index contributed by atoms with van der Waals surface area (Å²) in [6, 6.07) is 5.89. The molecule has 32 heavy (non-hydrogen) atoms. The number of fused-ring (bicyclic) bond motifs is 1. The number of carbonyl (C=O) groups is 1. The number of amides is 1. The van der Waals surface area contributed by atoms with Crippen LogP contribution in [-0.4, -0.2) is 70.2 Å². The van der Waals surface area contributed by atoms with E-state index in [1.165, 1.54) is 0 Å². The minimum absolute atomic E-state index is 0.00406. The van der Waals surface area contributed by atoms with Crippen LogP contribution in [0, 0.1) is 6.92 Å². The highest BCUT2D eigenvalue weighted by atomic mass is 16.5. The van der Waals surface area contributed by atoms with Crippen molar-refractivity contribution in [2.75, 3.05) is 39.4 Å². The molecule has 2 aliphatic rings. The molecule has 0 N–H and O–H groups in total. The largest absolute Gasteiger partial charge is 0.379 e. The summed E-state index contributed by atoms with van der Waals surface area (Å²) >= 11 is 0. The zero-order chi connectivity index (χ0) is 21.9. The highest BCUT2D eigenvalue weighted by Gasteiger charge is 2.30. The lowest BCUT2D eigenvalue weighted by molar-refractivity contribution is 0.0355. The monoisotopic (exact) mass is 435 g/mol. The molecule has 1 aliphatic heterocycles. The zero-order valence-electron chi connectivity index (χ0n) is 18.5. The maximum absolute atomic E-state index is 13.9. The smallest absolute Gasteiger partial charge is 0.259 e. The van der Waals surface area contributed by atoms with Crippen LogP contribution in [0.5, 0.6) is 0 Å². The van der Waals surface area contributed by atoms with Crippen LogP contribution in [0.4, 0.5) is 0 Å². The molecule has 0 bridgehead atoms. The lowest BCUT2D eigenvalue weighted by Gasteiger charge is -2.28. The summed E-state index contributed by atoms with van der Waals surface area (Å²) in [6.07, 6.45) is 6.67. The van der Waals surface area contributed by atoms with Gasteiger partial charge in [-0.15, -0.1) is 0 Å². The average molecular weight is 436 g/mol. The maximum atomic E-state index is 13.9. The summed E-state index contributed by atoms with van der Waals surface area (Å²) in [6.45, 7) is 7.50. The van der Waals surface area contributed by atoms with Crippen molar-refractivity contribution >= 4 is 17.0 Å². The summed E-state index contributed by atoms with van der Waals surface area (Å²) in [5, 5.41) is 4.82. The molecule has 0 spiro atoms. The quantitative estimate of drug-likeness (QED) is 0.537. The van der Waals surface area contributed by atoms with Gasteiger partial charge in [0.05, 0.1) is 29.9 Å². The summed E-state index contributed by atoms with van der Waals surface area (Å²) in [5.74, 6) is 0.427. The second-order valence-electron chi connectivity index (χ2n) is 8.71. The van der Waals surface area contributed by atoms with Crippen molar-refractivity contribution in [3.8, 4) is 0 Å². The molecule has 168 valence electrons. The minimum atomic E-state index is 0.00406. The summed E-state index contributed by atoms with van der Waals surface area (Å²) in [7, 11) is 0. The predicted octanol–water partition coefficient (Wildman–Crippen LogP) is 3.17. The first-order valence-corrected chi connectivity index (χ1v) is 11.4. The number of hydrogen-bond acceptors (Lipinski definition) is 7. The van der Waals surface area contributed by atoms with Crippen molar-refractivity contribution in [2.24, 2.45) is 0 Å². The third-order valence-electron chi connectivity index (χ3n) is 6.28. The van der Waals surface area contributed by atoms with Crippen LogP contribution < -0.4 is 0 Å². The van der Waals surface area contributed by atoms with Crippen molar-refractivity contribution in [3.63, 3.8) is 0 Å². The molecule has 1 saturated carbocycles. The van der Waals surface area contributed by atoms with E-state index in [1.807, 2.05) is 30.0 Å². The number of pyridine rings is 2. The van der Waals surface area contributed by atoms with Gasteiger partial charge in [0.25, 0.3) is 11.6 Å². The van der Waals surface area contributed by atoms with E-state index in [0.29, 0.717) is 36.0 Å². The van der Waals surface area contributed by atoms with Crippen LogP contribution >= 0.6 is 0 Å². The predicted molar refractivity (Wildman–Crippen MR) is 119 cm³/mol. The molecular formula is C24H29N5O3. The van der Waals surface area contributed by atoms with Crippen LogP contribution in [0.1, 0.15) is 52.5 Å². The fourth-order valence-electron chi connectivity index (χ4n) is 4.31. The van der Waals surface area contributed by atoms with Gasteiger partial charge < -0.3 is 14.2 Å². The van der Waals surface area contributed by atoms with E-state index in [2.05, 4.69) is 20.0 Å². The average Bonchev–Trinajstić information content (AvgIpc) is 3.62. The molecule has 8 nitrogen and oxygen atoms in total. The Kier molecular flexibility index (Phi) is 6.14. The van der Waals surface area contributed by atoms with E-state index in [-0.39, 0.29) is 5.91 Å². The molecule has 2 fully saturated rings. The molecule has 4 heterocycles. The maximum Gasteiger partial charge on any atom is 0.259 e. The Morgan fingerprint density at radius 2 is 2.00 bits per heavy atom. The molecular weight excluding hydrogens is 406 g/mol. The first-order valence-electron chi connectivity index (χ1n) is 11.4. The molecule has 3 aromatic heterocycles. The third-order valence-corrected chi connectivity index (χ3v) is 6.28. The first-order chi connectivity index (χ1) is 15.7. The van der Waals surface area contributed by atoms with E-state index in [0.717, 1.165) is 68.8 Å². The van der Waals surface area contributed by atoms with Gasteiger partial charge in [0.1, 0.15) is 0 Å². The highest BCUT2D eigenvalue weighted by molar-refractivity contribution is 6.06. The number of ether oxygens (including phenoxy) is 1. The number of aromatic nitrogens is 3. The first kappa shape index (κ1) is 21.0. The van der Waals surface area contributed by atoms with Gasteiger partial charge in [-0.05, 0) is 49.9 Å². The van der Waals surface area contributed by atoms with Crippen LogP contribution in [0.25, 0.3) is 11.1 Å². The van der Waals surface area contributed by atoms with Crippen LogP contribution in [-0.2, 0) is 11.3 Å². The Labute approximate surface area is 187 Å². The van der Waals surface area contributed by atoms with E-state index >= 15 is 0 Å². The normalized spacial score (nSPS) is 17.0. The number of hydrogen-bond donors (Lipinski definition) is 0. The van der Waals surface area contributed by atoms with E-state index in [1.54, 1.807) is 12.4 Å². The number of carbonyl (C=O) groups excluding carboxylic acids is 1. The molecule has 0 aromatic carbocycles.